The van der Waals surface area contributed by atoms with Gasteiger partial charge in [-0.3, -0.25) is 28.1 Å². The highest BCUT2D eigenvalue weighted by Crippen LogP contribution is 2.25. The summed E-state index contributed by atoms with van der Waals surface area (Å²) < 4.78 is 3.45. The average Bonchev–Trinajstić information content (AvgIpc) is 2.73. The first-order valence-corrected chi connectivity index (χ1v) is 10.3. The first-order valence-electron chi connectivity index (χ1n) is 9.44. The molecular formula is C20H23N5O4S. The summed E-state index contributed by atoms with van der Waals surface area (Å²) in [5.74, 6) is -0.711. The second kappa shape index (κ2) is 8.31. The molecule has 0 radical (unpaired) electrons. The average molecular weight is 430 g/mol. The fourth-order valence-corrected chi connectivity index (χ4v) is 4.16. The van der Waals surface area contributed by atoms with Gasteiger partial charge in [-0.1, -0.05) is 30.8 Å². The van der Waals surface area contributed by atoms with Crippen molar-refractivity contribution in [2.75, 3.05) is 5.73 Å². The molecule has 2 N–H and O–H groups in total. The third-order valence-corrected chi connectivity index (χ3v) is 5.97. The summed E-state index contributed by atoms with van der Waals surface area (Å²) in [5, 5.41) is 0.140. The largest absolute Gasteiger partial charge is 0.384 e. The van der Waals surface area contributed by atoms with Crippen LogP contribution in [0.2, 0.25) is 0 Å². The first kappa shape index (κ1) is 21.6. The van der Waals surface area contributed by atoms with E-state index in [1.807, 2.05) is 6.92 Å². The van der Waals surface area contributed by atoms with Crippen molar-refractivity contribution in [3.8, 4) is 0 Å². The zero-order valence-electron chi connectivity index (χ0n) is 17.2. The molecule has 158 valence electrons. The Labute approximate surface area is 176 Å². The predicted octanol–water partition coefficient (Wildman–Crippen LogP) is 1.15. The molecule has 10 heteroatoms. The van der Waals surface area contributed by atoms with E-state index in [-0.39, 0.29) is 16.9 Å². The van der Waals surface area contributed by atoms with Crippen LogP contribution in [0.4, 0.5) is 5.82 Å². The van der Waals surface area contributed by atoms with Gasteiger partial charge in [0.25, 0.3) is 11.1 Å². The molecule has 0 fully saturated rings. The lowest BCUT2D eigenvalue weighted by Crippen LogP contribution is -2.42. The van der Waals surface area contributed by atoms with Crippen LogP contribution in [0.1, 0.15) is 30.6 Å². The van der Waals surface area contributed by atoms with Crippen molar-refractivity contribution < 1.29 is 4.79 Å². The third kappa shape index (κ3) is 3.58. The highest BCUT2D eigenvalue weighted by atomic mass is 32.2. The minimum absolute atomic E-state index is 0.179. The number of nitrogen functional groups attached to an aromatic ring is 1. The molecule has 0 saturated heterocycles. The lowest BCUT2D eigenvalue weighted by molar-refractivity contribution is 0.0992. The Morgan fingerprint density at radius 1 is 1.13 bits per heavy atom. The van der Waals surface area contributed by atoms with Gasteiger partial charge in [0.1, 0.15) is 11.4 Å². The van der Waals surface area contributed by atoms with Gasteiger partial charge in [-0.15, -0.1) is 0 Å². The number of thioether (sulfide) groups is 1. The monoisotopic (exact) mass is 429 g/mol. The summed E-state index contributed by atoms with van der Waals surface area (Å²) in [7, 11) is 2.69. The molecule has 0 aliphatic carbocycles. The summed E-state index contributed by atoms with van der Waals surface area (Å²) in [5.41, 5.74) is 4.67. The maximum absolute atomic E-state index is 13.1. The lowest BCUT2D eigenvalue weighted by atomic mass is 10.1. The number of nitrogens with two attached hydrogens (primary N) is 1. The fourth-order valence-electron chi connectivity index (χ4n) is 3.16. The quantitative estimate of drug-likeness (QED) is 0.354. The van der Waals surface area contributed by atoms with Crippen LogP contribution >= 0.6 is 11.8 Å². The van der Waals surface area contributed by atoms with Crippen LogP contribution in [0.25, 0.3) is 10.9 Å². The van der Waals surface area contributed by atoms with Gasteiger partial charge >= 0.3 is 5.69 Å². The number of para-hydroxylation sites is 1. The van der Waals surface area contributed by atoms with Gasteiger partial charge < -0.3 is 5.73 Å². The summed E-state index contributed by atoms with van der Waals surface area (Å²) >= 11 is 1.09. The fraction of sp³-hybridized carbons (Fsp3) is 0.350. The molecule has 0 spiro atoms. The first-order chi connectivity index (χ1) is 14.2. The Balaban J connectivity index is 2.08. The van der Waals surface area contributed by atoms with Crippen molar-refractivity contribution in [2.24, 2.45) is 14.1 Å². The van der Waals surface area contributed by atoms with E-state index in [2.05, 4.69) is 4.98 Å². The van der Waals surface area contributed by atoms with E-state index >= 15 is 0 Å². The van der Waals surface area contributed by atoms with Crippen molar-refractivity contribution in [2.45, 2.75) is 37.2 Å². The van der Waals surface area contributed by atoms with Crippen LogP contribution in [0.3, 0.4) is 0 Å². The van der Waals surface area contributed by atoms with Crippen molar-refractivity contribution in [1.29, 1.82) is 0 Å². The van der Waals surface area contributed by atoms with E-state index in [1.54, 1.807) is 35.8 Å². The summed E-state index contributed by atoms with van der Waals surface area (Å²) in [4.78, 5) is 55.1. The Bertz CT molecular complexity index is 1320. The van der Waals surface area contributed by atoms with Gasteiger partial charge in [0.15, 0.2) is 10.9 Å². The van der Waals surface area contributed by atoms with Crippen LogP contribution in [0.5, 0.6) is 0 Å². The van der Waals surface area contributed by atoms with Gasteiger partial charge in [-0.2, -0.15) is 0 Å². The Morgan fingerprint density at radius 2 is 1.80 bits per heavy atom. The number of nitrogens with zero attached hydrogens (tertiary/aromatic N) is 4. The van der Waals surface area contributed by atoms with Gasteiger partial charge in [-0.05, 0) is 25.5 Å². The highest BCUT2D eigenvalue weighted by molar-refractivity contribution is 8.00. The number of Topliss-reactive ketones (excluding diaryl/α,β-unsaturated/α-hetero) is 1. The zero-order chi connectivity index (χ0) is 22.2. The zero-order valence-corrected chi connectivity index (χ0v) is 18.0. The van der Waals surface area contributed by atoms with Crippen LogP contribution in [0, 0.1) is 0 Å². The molecule has 3 rings (SSSR count). The van der Waals surface area contributed by atoms with Crippen molar-refractivity contribution >= 4 is 34.3 Å². The highest BCUT2D eigenvalue weighted by Gasteiger charge is 2.27. The van der Waals surface area contributed by atoms with E-state index in [9.17, 15) is 19.2 Å². The minimum Gasteiger partial charge on any atom is -0.384 e. The third-order valence-electron chi connectivity index (χ3n) is 4.88. The van der Waals surface area contributed by atoms with Gasteiger partial charge in [0, 0.05) is 20.6 Å². The number of benzene rings is 1. The molecule has 1 atom stereocenters. The van der Waals surface area contributed by atoms with Crippen LogP contribution < -0.4 is 22.5 Å². The maximum Gasteiger partial charge on any atom is 0.332 e. The van der Waals surface area contributed by atoms with Crippen molar-refractivity contribution in [1.82, 2.24) is 18.7 Å². The van der Waals surface area contributed by atoms with Gasteiger partial charge in [-0.25, -0.2) is 9.78 Å². The molecule has 30 heavy (non-hydrogen) atoms. The molecule has 0 bridgehead atoms. The molecule has 9 nitrogen and oxygen atoms in total. The van der Waals surface area contributed by atoms with Crippen LogP contribution in [-0.2, 0) is 20.6 Å². The molecule has 2 aromatic heterocycles. The van der Waals surface area contributed by atoms with Crippen molar-refractivity contribution in [3.05, 3.63) is 61.0 Å². The van der Waals surface area contributed by atoms with Crippen molar-refractivity contribution in [3.63, 3.8) is 0 Å². The minimum atomic E-state index is -0.756. The number of fused-ring (bicyclic) bond motifs is 1. The number of carbonyl (C=O) groups excluding carboxylic acids is 1. The lowest BCUT2D eigenvalue weighted by Gasteiger charge is -2.17. The number of carbonyl (C=O) groups is 1. The second-order valence-corrected chi connectivity index (χ2v) is 8.27. The Hall–Kier alpha value is -3.14. The number of hydrogen-bond donors (Lipinski definition) is 1. The molecule has 0 aliphatic heterocycles. The molecule has 3 aromatic rings. The van der Waals surface area contributed by atoms with Crippen LogP contribution in [0.15, 0.2) is 43.8 Å². The van der Waals surface area contributed by atoms with E-state index in [0.717, 1.165) is 20.9 Å². The molecule has 0 saturated carbocycles. The molecule has 0 amide bonds. The van der Waals surface area contributed by atoms with E-state index in [1.165, 1.54) is 14.1 Å². The Kier molecular flexibility index (Phi) is 5.97. The molecular weight excluding hydrogens is 406 g/mol. The van der Waals surface area contributed by atoms with Crippen LogP contribution in [-0.4, -0.2) is 29.7 Å². The summed E-state index contributed by atoms with van der Waals surface area (Å²) in [6.45, 7) is 4.01. The SMILES string of the molecule is CCCn1c(SC(C)C(=O)c2c(N)n(C)c(=O)n(C)c2=O)nc2ccccc2c1=O. The summed E-state index contributed by atoms with van der Waals surface area (Å²) in [6, 6.07) is 7.02. The summed E-state index contributed by atoms with van der Waals surface area (Å²) in [6.07, 6.45) is 0.712. The number of ketones is 1. The number of rotatable bonds is 6. The molecule has 1 aromatic carbocycles. The van der Waals surface area contributed by atoms with Gasteiger partial charge in [0.2, 0.25) is 0 Å². The maximum atomic E-state index is 13.1. The number of hydrogen-bond acceptors (Lipinski definition) is 7. The Morgan fingerprint density at radius 3 is 2.47 bits per heavy atom. The normalized spacial score (nSPS) is 12.3. The van der Waals surface area contributed by atoms with E-state index < -0.39 is 22.3 Å². The van der Waals surface area contributed by atoms with E-state index in [0.29, 0.717) is 29.0 Å². The number of aromatic nitrogens is 4. The van der Waals surface area contributed by atoms with Gasteiger partial charge in [0.05, 0.1) is 16.2 Å². The number of anilines is 1. The topological polar surface area (TPSA) is 122 Å². The predicted molar refractivity (Wildman–Crippen MR) is 117 cm³/mol. The molecule has 1 unspecified atom stereocenters. The molecule has 0 aliphatic rings. The second-order valence-electron chi connectivity index (χ2n) is 6.96. The van der Waals surface area contributed by atoms with E-state index in [4.69, 9.17) is 5.73 Å². The molecule has 2 heterocycles. The smallest absolute Gasteiger partial charge is 0.332 e. The standard InChI is InChI=1S/C20H23N5O4S/c1-5-10-25-17(27)12-8-6-7-9-13(12)22-19(25)30-11(2)15(26)14-16(21)23(3)20(29)24(4)18(14)28/h6-9,11H,5,10,21H2,1-4H3.